The molecule has 3 rings (SSSR count). The van der Waals surface area contributed by atoms with Gasteiger partial charge in [0.2, 0.25) is 0 Å². The van der Waals surface area contributed by atoms with E-state index in [0.717, 1.165) is 42.8 Å². The lowest BCUT2D eigenvalue weighted by Gasteiger charge is -2.40. The van der Waals surface area contributed by atoms with Crippen LogP contribution in [0.3, 0.4) is 0 Å². The summed E-state index contributed by atoms with van der Waals surface area (Å²) >= 11 is 7.42. The van der Waals surface area contributed by atoms with E-state index in [2.05, 4.69) is 36.0 Å². The molecule has 0 aliphatic carbocycles. The molecule has 2 aromatic carbocycles. The van der Waals surface area contributed by atoms with Crippen LogP contribution >= 0.6 is 23.5 Å². The first kappa shape index (κ1) is 25.3. The van der Waals surface area contributed by atoms with Crippen LogP contribution in [0.25, 0.3) is 0 Å². The number of hydrogen-bond donors (Lipinski definition) is 2. The molecule has 0 bridgehead atoms. The Balaban J connectivity index is 1.75. The Morgan fingerprint density at radius 3 is 2.59 bits per heavy atom. The zero-order valence-corrected chi connectivity index (χ0v) is 20.2. The van der Waals surface area contributed by atoms with E-state index in [4.69, 9.17) is 11.6 Å². The van der Waals surface area contributed by atoms with E-state index >= 15 is 0 Å². The van der Waals surface area contributed by atoms with Gasteiger partial charge in [-0.15, -0.1) is 11.6 Å². The third-order valence-electron chi connectivity index (χ3n) is 6.32. The van der Waals surface area contributed by atoms with Crippen molar-refractivity contribution >= 4 is 29.2 Å². The van der Waals surface area contributed by atoms with Gasteiger partial charge in [0, 0.05) is 23.9 Å². The van der Waals surface area contributed by atoms with Gasteiger partial charge in [-0.2, -0.15) is 13.2 Å². The average molecular weight is 485 g/mol. The Labute approximate surface area is 198 Å². The molecule has 0 saturated heterocycles. The number of nitrogens with one attached hydrogen (secondary N) is 2. The minimum atomic E-state index is -4.33. The standard InChI is InChI=1S/C25H32ClF3N2S/c1-17(16-30-32-14-6-13-26)9-11-21-18(2)22-15-20(25(27,28)29)10-12-23(22)31-24(21)19-7-4-3-5-8-19/h3-5,7-8,10,12,15,17-18,21,24,30-31H,6,9,11,13-14,16H2,1-2H3/t17?,18?,21?,24-/m0/s1. The summed E-state index contributed by atoms with van der Waals surface area (Å²) in [5.41, 5.74) is 2.17. The normalized spacial score (nSPS) is 21.6. The Morgan fingerprint density at radius 2 is 1.91 bits per heavy atom. The molecule has 0 radical (unpaired) electrons. The predicted molar refractivity (Wildman–Crippen MR) is 130 cm³/mol. The summed E-state index contributed by atoms with van der Waals surface area (Å²) in [6.07, 6.45) is -1.39. The topological polar surface area (TPSA) is 24.1 Å². The van der Waals surface area contributed by atoms with Crippen LogP contribution in [0.4, 0.5) is 18.9 Å². The summed E-state index contributed by atoms with van der Waals surface area (Å²) in [6.45, 7) is 5.21. The van der Waals surface area contributed by atoms with Crippen molar-refractivity contribution in [1.82, 2.24) is 4.72 Å². The maximum atomic E-state index is 13.3. The Morgan fingerprint density at radius 1 is 1.16 bits per heavy atom. The lowest BCUT2D eigenvalue weighted by Crippen LogP contribution is -2.31. The minimum Gasteiger partial charge on any atom is -0.378 e. The molecular weight excluding hydrogens is 453 g/mol. The number of fused-ring (bicyclic) bond motifs is 1. The summed E-state index contributed by atoms with van der Waals surface area (Å²) in [5.74, 6) is 2.38. The van der Waals surface area contributed by atoms with E-state index in [1.807, 2.05) is 18.2 Å². The Bertz CT molecular complexity index is 847. The molecule has 176 valence electrons. The van der Waals surface area contributed by atoms with Crippen LogP contribution in [0.2, 0.25) is 0 Å². The fourth-order valence-corrected chi connectivity index (χ4v) is 5.56. The number of anilines is 1. The van der Waals surface area contributed by atoms with Crippen LogP contribution in [0.15, 0.2) is 48.5 Å². The van der Waals surface area contributed by atoms with Gasteiger partial charge in [-0.1, -0.05) is 56.1 Å². The van der Waals surface area contributed by atoms with Gasteiger partial charge < -0.3 is 5.32 Å². The molecule has 2 N–H and O–H groups in total. The van der Waals surface area contributed by atoms with E-state index in [1.54, 1.807) is 18.0 Å². The third-order valence-corrected chi connectivity index (χ3v) is 7.45. The molecule has 7 heteroatoms. The highest BCUT2D eigenvalue weighted by Gasteiger charge is 2.37. The van der Waals surface area contributed by atoms with Gasteiger partial charge in [0.15, 0.2) is 0 Å². The third kappa shape index (κ3) is 6.58. The lowest BCUT2D eigenvalue weighted by atomic mass is 9.73. The second kappa shape index (κ2) is 11.7. The van der Waals surface area contributed by atoms with Crippen LogP contribution in [0, 0.1) is 11.8 Å². The van der Waals surface area contributed by atoms with Crippen molar-refractivity contribution in [2.24, 2.45) is 11.8 Å². The highest BCUT2D eigenvalue weighted by atomic mass is 35.5. The molecule has 1 aliphatic heterocycles. The van der Waals surface area contributed by atoms with Crippen molar-refractivity contribution in [1.29, 1.82) is 0 Å². The molecule has 0 amide bonds. The molecule has 1 aliphatic rings. The second-order valence-corrected chi connectivity index (χ2v) is 10.1. The number of rotatable bonds is 10. The van der Waals surface area contributed by atoms with E-state index in [-0.39, 0.29) is 17.9 Å². The molecule has 2 aromatic rings. The predicted octanol–water partition coefficient (Wildman–Crippen LogP) is 7.87. The molecule has 0 spiro atoms. The van der Waals surface area contributed by atoms with Gasteiger partial charge in [-0.3, -0.25) is 4.72 Å². The zero-order chi connectivity index (χ0) is 23.1. The molecule has 1 heterocycles. The fraction of sp³-hybridized carbons (Fsp3) is 0.520. The molecule has 0 saturated carbocycles. The first-order valence-electron chi connectivity index (χ1n) is 11.2. The number of halogens is 4. The SMILES string of the molecule is CC(CCC1C(C)c2cc(C(F)(F)F)ccc2N[C@H]1c1ccccc1)CNSCCCCl. The van der Waals surface area contributed by atoms with Gasteiger partial charge in [0.25, 0.3) is 0 Å². The molecule has 0 fully saturated rings. The van der Waals surface area contributed by atoms with Gasteiger partial charge in [-0.25, -0.2) is 0 Å². The van der Waals surface area contributed by atoms with Gasteiger partial charge in [-0.05, 0) is 66.3 Å². The quantitative estimate of drug-likeness (QED) is 0.204. The second-order valence-electron chi connectivity index (χ2n) is 8.71. The van der Waals surface area contributed by atoms with E-state index in [9.17, 15) is 13.2 Å². The van der Waals surface area contributed by atoms with E-state index in [0.29, 0.717) is 11.8 Å². The number of hydrogen-bond acceptors (Lipinski definition) is 3. The molecular formula is C25H32ClF3N2S. The highest BCUT2D eigenvalue weighted by Crippen LogP contribution is 2.48. The number of benzene rings is 2. The van der Waals surface area contributed by atoms with Gasteiger partial charge in [0.1, 0.15) is 0 Å². The molecule has 4 atom stereocenters. The first-order chi connectivity index (χ1) is 15.3. The molecule has 0 aromatic heterocycles. The fourth-order valence-electron chi connectivity index (χ4n) is 4.43. The van der Waals surface area contributed by atoms with Crippen LogP contribution in [-0.4, -0.2) is 18.2 Å². The summed E-state index contributed by atoms with van der Waals surface area (Å²) in [4.78, 5) is 0. The largest absolute Gasteiger partial charge is 0.416 e. The van der Waals surface area contributed by atoms with Crippen molar-refractivity contribution in [2.75, 3.05) is 23.5 Å². The maximum Gasteiger partial charge on any atom is 0.416 e. The maximum absolute atomic E-state index is 13.3. The summed E-state index contributed by atoms with van der Waals surface area (Å²) < 4.78 is 43.4. The summed E-state index contributed by atoms with van der Waals surface area (Å²) in [5, 5.41) is 3.56. The van der Waals surface area contributed by atoms with Crippen molar-refractivity contribution in [2.45, 2.75) is 51.2 Å². The summed E-state index contributed by atoms with van der Waals surface area (Å²) in [7, 11) is 0. The molecule has 2 nitrogen and oxygen atoms in total. The number of alkyl halides is 4. The van der Waals surface area contributed by atoms with Crippen LogP contribution in [0.1, 0.15) is 61.8 Å². The highest BCUT2D eigenvalue weighted by molar-refractivity contribution is 7.97. The van der Waals surface area contributed by atoms with Crippen LogP contribution in [0.5, 0.6) is 0 Å². The Kier molecular flexibility index (Phi) is 9.21. The van der Waals surface area contributed by atoms with E-state index < -0.39 is 11.7 Å². The lowest BCUT2D eigenvalue weighted by molar-refractivity contribution is -0.137. The zero-order valence-electron chi connectivity index (χ0n) is 18.6. The van der Waals surface area contributed by atoms with Crippen molar-refractivity contribution in [3.63, 3.8) is 0 Å². The smallest absolute Gasteiger partial charge is 0.378 e. The molecule has 32 heavy (non-hydrogen) atoms. The molecule has 3 unspecified atom stereocenters. The first-order valence-corrected chi connectivity index (χ1v) is 12.8. The van der Waals surface area contributed by atoms with Gasteiger partial charge >= 0.3 is 6.18 Å². The van der Waals surface area contributed by atoms with Gasteiger partial charge in [0.05, 0.1) is 11.6 Å². The van der Waals surface area contributed by atoms with Crippen molar-refractivity contribution in [3.8, 4) is 0 Å². The van der Waals surface area contributed by atoms with E-state index in [1.165, 1.54) is 17.7 Å². The monoisotopic (exact) mass is 484 g/mol. The summed E-state index contributed by atoms with van der Waals surface area (Å²) in [6, 6.07) is 14.4. The Hall–Kier alpha value is -1.37. The van der Waals surface area contributed by atoms with Crippen LogP contribution < -0.4 is 10.0 Å². The minimum absolute atomic E-state index is 0.0250. The average Bonchev–Trinajstić information content (AvgIpc) is 2.78. The van der Waals surface area contributed by atoms with Crippen LogP contribution in [-0.2, 0) is 6.18 Å². The van der Waals surface area contributed by atoms with Crippen molar-refractivity contribution in [3.05, 3.63) is 65.2 Å². The van der Waals surface area contributed by atoms with Crippen molar-refractivity contribution < 1.29 is 13.2 Å².